The number of anilines is 1. The monoisotopic (exact) mass is 414 g/mol. The SMILES string of the molecule is CCOCCCNC(=O)c1ccccc1N1C=CC=CC(C(=O)OC)=C1C(=O)OC. The first-order valence-corrected chi connectivity index (χ1v) is 9.55. The van der Waals surface area contributed by atoms with Crippen LogP contribution in [0.1, 0.15) is 23.7 Å². The Bertz CT molecular complexity index is 872. The van der Waals surface area contributed by atoms with Crippen LogP contribution in [0.15, 0.2) is 60.0 Å². The molecule has 1 aromatic carbocycles. The van der Waals surface area contributed by atoms with Gasteiger partial charge in [0.05, 0.1) is 31.0 Å². The molecule has 1 heterocycles. The number of ether oxygens (including phenoxy) is 3. The molecule has 2 rings (SSSR count). The standard InChI is InChI=1S/C22H26N2O6/c1-4-30-15-9-13-23-20(25)16-10-5-6-12-18(16)24-14-8-7-11-17(21(26)28-2)19(24)22(27)29-3/h5-8,10-12,14H,4,9,13,15H2,1-3H3,(H,23,25). The summed E-state index contributed by atoms with van der Waals surface area (Å²) in [4.78, 5) is 39.1. The fraction of sp³-hybridized carbons (Fsp3) is 0.318. The number of para-hydroxylation sites is 1. The van der Waals surface area contributed by atoms with E-state index in [0.29, 0.717) is 37.4 Å². The lowest BCUT2D eigenvalue weighted by molar-refractivity contribution is -0.139. The van der Waals surface area contributed by atoms with Crippen LogP contribution < -0.4 is 10.2 Å². The minimum Gasteiger partial charge on any atom is -0.465 e. The van der Waals surface area contributed by atoms with Crippen molar-refractivity contribution in [1.82, 2.24) is 5.32 Å². The van der Waals surface area contributed by atoms with Gasteiger partial charge in [-0.1, -0.05) is 18.2 Å². The lowest BCUT2D eigenvalue weighted by Gasteiger charge is -2.25. The Morgan fingerprint density at radius 2 is 1.77 bits per heavy atom. The molecule has 160 valence electrons. The molecule has 0 radical (unpaired) electrons. The molecule has 30 heavy (non-hydrogen) atoms. The predicted molar refractivity (Wildman–Crippen MR) is 112 cm³/mol. The van der Waals surface area contributed by atoms with Gasteiger partial charge in [0.2, 0.25) is 0 Å². The van der Waals surface area contributed by atoms with Gasteiger partial charge in [0.15, 0.2) is 0 Å². The molecule has 0 saturated heterocycles. The summed E-state index contributed by atoms with van der Waals surface area (Å²) < 4.78 is 15.0. The summed E-state index contributed by atoms with van der Waals surface area (Å²) >= 11 is 0. The maximum absolute atomic E-state index is 12.8. The second kappa shape index (κ2) is 11.6. The van der Waals surface area contributed by atoms with Gasteiger partial charge in [0.1, 0.15) is 5.70 Å². The molecule has 8 heteroatoms. The normalized spacial score (nSPS) is 13.1. The van der Waals surface area contributed by atoms with E-state index in [0.717, 1.165) is 0 Å². The van der Waals surface area contributed by atoms with E-state index in [1.165, 1.54) is 25.2 Å². The van der Waals surface area contributed by atoms with Crippen LogP contribution in [-0.2, 0) is 23.8 Å². The summed E-state index contributed by atoms with van der Waals surface area (Å²) in [5.74, 6) is -1.74. The first kappa shape index (κ1) is 22.9. The molecule has 0 aromatic heterocycles. The van der Waals surface area contributed by atoms with Crippen LogP contribution in [0, 0.1) is 0 Å². The molecule has 0 atom stereocenters. The van der Waals surface area contributed by atoms with Crippen molar-refractivity contribution in [3.8, 4) is 0 Å². The Balaban J connectivity index is 2.42. The number of hydrogen-bond donors (Lipinski definition) is 1. The van der Waals surface area contributed by atoms with Crippen molar-refractivity contribution in [3.05, 3.63) is 65.5 Å². The summed E-state index contributed by atoms with van der Waals surface area (Å²) in [6, 6.07) is 6.79. The number of nitrogens with one attached hydrogen (secondary N) is 1. The molecule has 0 fully saturated rings. The fourth-order valence-corrected chi connectivity index (χ4v) is 2.84. The topological polar surface area (TPSA) is 94.2 Å². The molecule has 1 aliphatic rings. The highest BCUT2D eigenvalue weighted by Crippen LogP contribution is 2.29. The maximum Gasteiger partial charge on any atom is 0.355 e. The zero-order chi connectivity index (χ0) is 21.9. The van der Waals surface area contributed by atoms with Crippen molar-refractivity contribution < 1.29 is 28.6 Å². The van der Waals surface area contributed by atoms with Gasteiger partial charge in [0, 0.05) is 26.0 Å². The van der Waals surface area contributed by atoms with E-state index in [2.05, 4.69) is 5.32 Å². The van der Waals surface area contributed by atoms with Crippen LogP contribution in [0.2, 0.25) is 0 Å². The second-order valence-electron chi connectivity index (χ2n) is 6.14. The first-order valence-electron chi connectivity index (χ1n) is 9.55. The van der Waals surface area contributed by atoms with E-state index in [-0.39, 0.29) is 17.2 Å². The molecular weight excluding hydrogens is 388 g/mol. The molecular formula is C22H26N2O6. The van der Waals surface area contributed by atoms with Gasteiger partial charge in [-0.2, -0.15) is 0 Å². The first-order chi connectivity index (χ1) is 14.5. The summed E-state index contributed by atoms with van der Waals surface area (Å²) in [5.41, 5.74) is 0.722. The summed E-state index contributed by atoms with van der Waals surface area (Å²) in [6.07, 6.45) is 6.97. The van der Waals surface area contributed by atoms with Crippen LogP contribution in [0.3, 0.4) is 0 Å². The zero-order valence-electron chi connectivity index (χ0n) is 17.3. The number of amides is 1. The van der Waals surface area contributed by atoms with Crippen LogP contribution in [-0.4, -0.2) is 51.8 Å². The van der Waals surface area contributed by atoms with Crippen molar-refractivity contribution in [2.75, 3.05) is 38.9 Å². The molecule has 8 nitrogen and oxygen atoms in total. The zero-order valence-corrected chi connectivity index (χ0v) is 17.3. The Kier molecular flexibility index (Phi) is 8.83. The predicted octanol–water partition coefficient (Wildman–Crippen LogP) is 2.33. The van der Waals surface area contributed by atoms with Crippen molar-refractivity contribution in [1.29, 1.82) is 0 Å². The Morgan fingerprint density at radius 1 is 1.03 bits per heavy atom. The Morgan fingerprint density at radius 3 is 2.47 bits per heavy atom. The molecule has 1 aromatic rings. The van der Waals surface area contributed by atoms with E-state index in [9.17, 15) is 14.4 Å². The fourth-order valence-electron chi connectivity index (χ4n) is 2.84. The van der Waals surface area contributed by atoms with Crippen molar-refractivity contribution in [3.63, 3.8) is 0 Å². The lowest BCUT2D eigenvalue weighted by atomic mass is 10.1. The number of rotatable bonds is 9. The van der Waals surface area contributed by atoms with Gasteiger partial charge in [-0.25, -0.2) is 9.59 Å². The highest BCUT2D eigenvalue weighted by Gasteiger charge is 2.29. The number of benzene rings is 1. The van der Waals surface area contributed by atoms with Gasteiger partial charge >= 0.3 is 11.9 Å². The summed E-state index contributed by atoms with van der Waals surface area (Å²) in [6.45, 7) is 3.53. The van der Waals surface area contributed by atoms with E-state index in [1.54, 1.807) is 42.6 Å². The number of hydrogen-bond acceptors (Lipinski definition) is 7. The molecule has 1 aliphatic heterocycles. The maximum atomic E-state index is 12.8. The minimum atomic E-state index is -0.737. The third-order valence-electron chi connectivity index (χ3n) is 4.25. The van der Waals surface area contributed by atoms with Crippen molar-refractivity contribution in [2.24, 2.45) is 0 Å². The molecule has 0 unspecified atom stereocenters. The lowest BCUT2D eigenvalue weighted by Crippen LogP contribution is -2.31. The van der Waals surface area contributed by atoms with Crippen molar-refractivity contribution in [2.45, 2.75) is 13.3 Å². The molecule has 1 amide bonds. The Labute approximate surface area is 175 Å². The highest BCUT2D eigenvalue weighted by atomic mass is 16.5. The number of carbonyl (C=O) groups is 3. The highest BCUT2D eigenvalue weighted by molar-refractivity contribution is 6.07. The molecule has 0 saturated carbocycles. The average Bonchev–Trinajstić information content (AvgIpc) is 3.00. The van der Waals surface area contributed by atoms with Gasteiger partial charge in [0.25, 0.3) is 5.91 Å². The number of allylic oxidation sites excluding steroid dienone is 2. The van der Waals surface area contributed by atoms with Crippen LogP contribution >= 0.6 is 0 Å². The van der Waals surface area contributed by atoms with Crippen LogP contribution in [0.4, 0.5) is 5.69 Å². The summed E-state index contributed by atoms with van der Waals surface area (Å²) in [7, 11) is 2.45. The second-order valence-corrected chi connectivity index (χ2v) is 6.14. The van der Waals surface area contributed by atoms with Gasteiger partial charge in [-0.05, 0) is 37.6 Å². The number of carbonyl (C=O) groups excluding carboxylic acids is 3. The van der Waals surface area contributed by atoms with E-state index >= 15 is 0 Å². The van der Waals surface area contributed by atoms with Gasteiger partial charge < -0.3 is 24.4 Å². The third-order valence-corrected chi connectivity index (χ3v) is 4.25. The third kappa shape index (κ3) is 5.57. The number of nitrogens with zero attached hydrogens (tertiary/aromatic N) is 1. The van der Waals surface area contributed by atoms with Gasteiger partial charge in [-0.15, -0.1) is 0 Å². The van der Waals surface area contributed by atoms with Gasteiger partial charge in [-0.3, -0.25) is 4.79 Å². The molecule has 1 N–H and O–H groups in total. The smallest absolute Gasteiger partial charge is 0.355 e. The largest absolute Gasteiger partial charge is 0.465 e. The number of esters is 2. The quantitative estimate of drug-likeness (QED) is 0.490. The molecule has 0 aliphatic carbocycles. The summed E-state index contributed by atoms with van der Waals surface area (Å²) in [5, 5.41) is 2.85. The van der Waals surface area contributed by atoms with E-state index in [4.69, 9.17) is 14.2 Å². The van der Waals surface area contributed by atoms with Crippen LogP contribution in [0.25, 0.3) is 0 Å². The van der Waals surface area contributed by atoms with Crippen molar-refractivity contribution >= 4 is 23.5 Å². The average molecular weight is 414 g/mol. The van der Waals surface area contributed by atoms with Crippen LogP contribution in [0.5, 0.6) is 0 Å². The Hall–Kier alpha value is -3.39. The molecule has 0 bridgehead atoms. The van der Waals surface area contributed by atoms with E-state index in [1.807, 2.05) is 6.92 Å². The minimum absolute atomic E-state index is 0.0151. The molecule has 0 spiro atoms. The number of methoxy groups -OCH3 is 2. The van der Waals surface area contributed by atoms with E-state index < -0.39 is 11.9 Å².